The van der Waals surface area contributed by atoms with Crippen molar-refractivity contribution in [2.45, 2.75) is 26.4 Å². The molecule has 4 rings (SSSR count). The lowest BCUT2D eigenvalue weighted by atomic mass is 9.99. The second-order valence-electron chi connectivity index (χ2n) is 7.17. The van der Waals surface area contributed by atoms with Gasteiger partial charge in [0, 0.05) is 23.1 Å². The van der Waals surface area contributed by atoms with E-state index in [-0.39, 0.29) is 28.8 Å². The Morgan fingerprint density at radius 2 is 1.83 bits per heavy atom. The van der Waals surface area contributed by atoms with Crippen LogP contribution in [0.2, 0.25) is 0 Å². The molecule has 1 unspecified atom stereocenters. The normalized spacial score (nSPS) is 15.1. The minimum Gasteiger partial charge on any atom is -0.508 e. The van der Waals surface area contributed by atoms with E-state index >= 15 is 0 Å². The predicted octanol–water partition coefficient (Wildman–Crippen LogP) is 4.37. The molecule has 3 aromatic rings. The first-order valence-corrected chi connectivity index (χ1v) is 9.23. The molecule has 1 atom stereocenters. The van der Waals surface area contributed by atoms with Crippen molar-refractivity contribution in [3.63, 3.8) is 0 Å². The maximum atomic E-state index is 13.4. The van der Waals surface area contributed by atoms with Crippen molar-refractivity contribution < 1.29 is 23.7 Å². The van der Waals surface area contributed by atoms with Gasteiger partial charge in [-0.3, -0.25) is 4.79 Å². The van der Waals surface area contributed by atoms with E-state index in [0.717, 1.165) is 16.7 Å². The van der Waals surface area contributed by atoms with Crippen LogP contribution >= 0.6 is 0 Å². The maximum Gasteiger partial charge on any atom is 0.239 e. The molecule has 6 nitrogen and oxygen atoms in total. The zero-order chi connectivity index (χ0) is 20.9. The molecule has 1 aliphatic heterocycles. The molecule has 0 spiro atoms. The molecule has 1 aromatic heterocycles. The third-order valence-corrected chi connectivity index (χ3v) is 5.26. The van der Waals surface area contributed by atoms with Crippen LogP contribution in [0.1, 0.15) is 18.1 Å². The molecule has 1 N–H and O–H groups in total. The standard InChI is InChI=1S/C23H22O6/c1-11(2)16-10-15-19(28-16)12(3)20-17(22(15)26-4)18(25)23(27-5)21(29-20)13-6-8-14(24)9-7-13/h6-9,16,24H,1,10H2,2-5H3. The summed E-state index contributed by atoms with van der Waals surface area (Å²) in [7, 11) is 2.95. The molecule has 0 saturated heterocycles. The summed E-state index contributed by atoms with van der Waals surface area (Å²) in [5.41, 5.74) is 3.12. The van der Waals surface area contributed by atoms with Crippen LogP contribution in [-0.2, 0) is 6.42 Å². The SMILES string of the molecule is C=C(C)C1Cc2c(c(C)c3oc(-c4ccc(O)cc4)c(OC)c(=O)c3c2OC)O1. The topological polar surface area (TPSA) is 78.1 Å². The molecule has 0 amide bonds. The minimum atomic E-state index is -0.321. The van der Waals surface area contributed by atoms with E-state index in [2.05, 4.69) is 6.58 Å². The Labute approximate surface area is 167 Å². The van der Waals surface area contributed by atoms with E-state index in [4.69, 9.17) is 18.6 Å². The summed E-state index contributed by atoms with van der Waals surface area (Å²) in [5, 5.41) is 9.91. The molecule has 0 aliphatic carbocycles. The van der Waals surface area contributed by atoms with Crippen molar-refractivity contribution in [1.29, 1.82) is 0 Å². The number of methoxy groups -OCH3 is 2. The average Bonchev–Trinajstić information content (AvgIpc) is 3.15. The van der Waals surface area contributed by atoms with E-state index in [9.17, 15) is 9.90 Å². The van der Waals surface area contributed by atoms with Crippen LogP contribution in [0.15, 0.2) is 45.6 Å². The number of rotatable bonds is 4. The molecule has 0 fully saturated rings. The first kappa shape index (κ1) is 18.9. The van der Waals surface area contributed by atoms with E-state index in [0.29, 0.717) is 34.5 Å². The third kappa shape index (κ3) is 2.83. The van der Waals surface area contributed by atoms with Gasteiger partial charge in [0.2, 0.25) is 11.2 Å². The van der Waals surface area contributed by atoms with Gasteiger partial charge < -0.3 is 23.7 Å². The van der Waals surface area contributed by atoms with Crippen LogP contribution in [-0.4, -0.2) is 25.4 Å². The van der Waals surface area contributed by atoms with E-state index in [1.807, 2.05) is 13.8 Å². The smallest absolute Gasteiger partial charge is 0.239 e. The number of phenols is 1. The van der Waals surface area contributed by atoms with Gasteiger partial charge in [0.25, 0.3) is 0 Å². The number of hydrogen-bond acceptors (Lipinski definition) is 6. The van der Waals surface area contributed by atoms with Gasteiger partial charge in [0.15, 0.2) is 5.76 Å². The summed E-state index contributed by atoms with van der Waals surface area (Å²) < 4.78 is 23.4. The minimum absolute atomic E-state index is 0.0798. The van der Waals surface area contributed by atoms with Gasteiger partial charge in [-0.15, -0.1) is 0 Å². The van der Waals surface area contributed by atoms with Gasteiger partial charge in [-0.25, -0.2) is 0 Å². The third-order valence-electron chi connectivity index (χ3n) is 5.26. The van der Waals surface area contributed by atoms with Crippen molar-refractivity contribution in [3.05, 3.63) is 57.8 Å². The van der Waals surface area contributed by atoms with Crippen LogP contribution in [0, 0.1) is 6.92 Å². The zero-order valence-corrected chi connectivity index (χ0v) is 16.8. The molecule has 0 saturated carbocycles. The first-order chi connectivity index (χ1) is 13.9. The fourth-order valence-corrected chi connectivity index (χ4v) is 3.78. The maximum absolute atomic E-state index is 13.4. The van der Waals surface area contributed by atoms with Crippen molar-refractivity contribution >= 4 is 11.0 Å². The average molecular weight is 394 g/mol. The number of hydrogen-bond donors (Lipinski definition) is 1. The summed E-state index contributed by atoms with van der Waals surface area (Å²) in [5.74, 6) is 1.58. The molecule has 0 bridgehead atoms. The molecule has 6 heteroatoms. The number of phenolic OH excluding ortho intramolecular Hbond substituents is 1. The second-order valence-corrected chi connectivity index (χ2v) is 7.17. The van der Waals surface area contributed by atoms with Crippen molar-refractivity contribution in [2.24, 2.45) is 0 Å². The molecule has 29 heavy (non-hydrogen) atoms. The Balaban J connectivity index is 2.08. The van der Waals surface area contributed by atoms with E-state index in [1.165, 1.54) is 26.4 Å². The molecule has 150 valence electrons. The second kappa shape index (κ2) is 6.88. The molecular weight excluding hydrogens is 372 g/mol. The fraction of sp³-hybridized carbons (Fsp3) is 0.261. The lowest BCUT2D eigenvalue weighted by Gasteiger charge is -2.16. The zero-order valence-electron chi connectivity index (χ0n) is 16.8. The number of fused-ring (bicyclic) bond motifs is 2. The summed E-state index contributed by atoms with van der Waals surface area (Å²) in [4.78, 5) is 13.4. The van der Waals surface area contributed by atoms with Gasteiger partial charge in [-0.05, 0) is 43.7 Å². The number of benzene rings is 2. The van der Waals surface area contributed by atoms with Crippen LogP contribution in [0.3, 0.4) is 0 Å². The van der Waals surface area contributed by atoms with Gasteiger partial charge in [-0.1, -0.05) is 6.58 Å². The quantitative estimate of drug-likeness (QED) is 0.662. The monoisotopic (exact) mass is 394 g/mol. The Morgan fingerprint density at radius 1 is 1.17 bits per heavy atom. The van der Waals surface area contributed by atoms with Gasteiger partial charge in [0.05, 0.1) is 14.2 Å². The Bertz CT molecular complexity index is 1190. The molecule has 2 heterocycles. The lowest BCUT2D eigenvalue weighted by molar-refractivity contribution is 0.269. The van der Waals surface area contributed by atoms with Gasteiger partial charge in [0.1, 0.15) is 34.3 Å². The number of aryl methyl sites for hydroxylation is 1. The highest BCUT2D eigenvalue weighted by atomic mass is 16.5. The molecule has 1 aliphatic rings. The Morgan fingerprint density at radius 3 is 2.41 bits per heavy atom. The predicted molar refractivity (Wildman–Crippen MR) is 110 cm³/mol. The van der Waals surface area contributed by atoms with Crippen molar-refractivity contribution in [1.82, 2.24) is 0 Å². The summed E-state index contributed by atoms with van der Waals surface area (Å²) in [6, 6.07) is 6.37. The van der Waals surface area contributed by atoms with Crippen molar-refractivity contribution in [2.75, 3.05) is 14.2 Å². The van der Waals surface area contributed by atoms with Crippen LogP contribution in [0.25, 0.3) is 22.3 Å². The first-order valence-electron chi connectivity index (χ1n) is 9.23. The fourth-order valence-electron chi connectivity index (χ4n) is 3.78. The van der Waals surface area contributed by atoms with E-state index in [1.54, 1.807) is 12.1 Å². The highest BCUT2D eigenvalue weighted by molar-refractivity contribution is 5.93. The Kier molecular flexibility index (Phi) is 4.49. The van der Waals surface area contributed by atoms with Crippen LogP contribution in [0.5, 0.6) is 23.0 Å². The van der Waals surface area contributed by atoms with Crippen LogP contribution < -0.4 is 19.6 Å². The summed E-state index contributed by atoms with van der Waals surface area (Å²) in [6.45, 7) is 7.76. The van der Waals surface area contributed by atoms with Gasteiger partial charge >= 0.3 is 0 Å². The Hall–Kier alpha value is -3.41. The van der Waals surface area contributed by atoms with Crippen molar-refractivity contribution in [3.8, 4) is 34.3 Å². The highest BCUT2D eigenvalue weighted by Crippen LogP contribution is 2.46. The summed E-state index contributed by atoms with van der Waals surface area (Å²) in [6.07, 6.45) is 0.398. The highest BCUT2D eigenvalue weighted by Gasteiger charge is 2.33. The lowest BCUT2D eigenvalue weighted by Crippen LogP contribution is -2.13. The molecular formula is C23H22O6. The summed E-state index contributed by atoms with van der Waals surface area (Å²) >= 11 is 0. The van der Waals surface area contributed by atoms with Gasteiger partial charge in [-0.2, -0.15) is 0 Å². The number of aromatic hydroxyl groups is 1. The largest absolute Gasteiger partial charge is 0.508 e. The number of ether oxygens (including phenoxy) is 3. The molecule has 2 aromatic carbocycles. The van der Waals surface area contributed by atoms with E-state index < -0.39 is 0 Å². The van der Waals surface area contributed by atoms with Crippen LogP contribution in [0.4, 0.5) is 0 Å². The molecule has 0 radical (unpaired) electrons.